The van der Waals surface area contributed by atoms with Gasteiger partial charge in [0.05, 0.1) is 18.0 Å². The Morgan fingerprint density at radius 3 is 2.95 bits per heavy atom. The highest BCUT2D eigenvalue weighted by molar-refractivity contribution is 9.10. The minimum Gasteiger partial charge on any atom is -0.489 e. The van der Waals surface area contributed by atoms with E-state index in [1.165, 1.54) is 4.57 Å². The van der Waals surface area contributed by atoms with E-state index in [1.54, 1.807) is 12.1 Å². The van der Waals surface area contributed by atoms with E-state index in [9.17, 15) is 14.4 Å². The van der Waals surface area contributed by atoms with Gasteiger partial charge in [-0.2, -0.15) is 0 Å². The van der Waals surface area contributed by atoms with Gasteiger partial charge in [0.2, 0.25) is 0 Å². The first-order valence-electron chi connectivity index (χ1n) is 5.80. The number of nitrogens with zero attached hydrogens (tertiary/aromatic N) is 1. The Hall–Kier alpha value is -2.09. The van der Waals surface area contributed by atoms with Gasteiger partial charge >= 0.3 is 17.1 Å². The molecular weight excluding hydrogens is 332 g/mol. The van der Waals surface area contributed by atoms with Gasteiger partial charge in [0.15, 0.2) is 0 Å². The molecule has 2 heterocycles. The number of H-pyrrole nitrogens is 1. The van der Waals surface area contributed by atoms with Crippen LogP contribution in [0, 0.1) is 0 Å². The third-order valence-electron chi connectivity index (χ3n) is 3.15. The molecule has 1 aliphatic rings. The highest BCUT2D eigenvalue weighted by Gasteiger charge is 2.27. The molecule has 7 nitrogen and oxygen atoms in total. The Bertz CT molecular complexity index is 838. The van der Waals surface area contributed by atoms with Gasteiger partial charge in [0, 0.05) is 4.47 Å². The largest absolute Gasteiger partial charge is 0.489 e. The molecule has 0 spiro atoms. The van der Waals surface area contributed by atoms with Crippen molar-refractivity contribution in [3.63, 3.8) is 0 Å². The van der Waals surface area contributed by atoms with Crippen LogP contribution < -0.4 is 15.9 Å². The third-order valence-corrected chi connectivity index (χ3v) is 3.61. The summed E-state index contributed by atoms with van der Waals surface area (Å²) in [6.45, 7) is 0.0359. The fourth-order valence-electron chi connectivity index (χ4n) is 2.38. The topological polar surface area (TPSA) is 101 Å². The molecule has 1 atom stereocenters. The van der Waals surface area contributed by atoms with Crippen LogP contribution in [0.1, 0.15) is 12.5 Å². The van der Waals surface area contributed by atoms with Crippen molar-refractivity contribution in [2.24, 2.45) is 0 Å². The minimum absolute atomic E-state index is 0.0359. The summed E-state index contributed by atoms with van der Waals surface area (Å²) < 4.78 is 7.42. The summed E-state index contributed by atoms with van der Waals surface area (Å²) in [5.74, 6) is -0.621. The highest BCUT2D eigenvalue weighted by Crippen LogP contribution is 2.33. The number of ether oxygens (including phenoxy) is 1. The molecule has 2 aromatic rings. The zero-order valence-electron chi connectivity index (χ0n) is 10.1. The molecule has 0 bridgehead atoms. The molecule has 0 saturated carbocycles. The summed E-state index contributed by atoms with van der Waals surface area (Å²) in [5, 5.41) is 8.91. The summed E-state index contributed by atoms with van der Waals surface area (Å²) >= 11 is 3.29. The van der Waals surface area contributed by atoms with Crippen LogP contribution in [-0.2, 0) is 4.79 Å². The maximum absolute atomic E-state index is 12.0. The van der Waals surface area contributed by atoms with Gasteiger partial charge < -0.3 is 14.8 Å². The number of aromatic amines is 1. The summed E-state index contributed by atoms with van der Waals surface area (Å²) in [7, 11) is 0. The first kappa shape index (κ1) is 12.9. The molecular formula is C12H9BrN2O5. The number of carbonyl (C=O) groups is 1. The van der Waals surface area contributed by atoms with Crippen LogP contribution in [0.4, 0.5) is 0 Å². The number of halogens is 1. The van der Waals surface area contributed by atoms with Crippen LogP contribution >= 0.6 is 15.9 Å². The first-order chi connectivity index (χ1) is 9.47. The fraction of sp³-hybridized carbons (Fsp3) is 0.250. The van der Waals surface area contributed by atoms with Crippen LogP contribution in [0.15, 0.2) is 26.2 Å². The van der Waals surface area contributed by atoms with E-state index < -0.39 is 23.1 Å². The van der Waals surface area contributed by atoms with E-state index in [0.29, 0.717) is 21.3 Å². The zero-order chi connectivity index (χ0) is 14.4. The molecule has 2 N–H and O–H groups in total. The molecule has 0 fully saturated rings. The number of benzene rings is 1. The van der Waals surface area contributed by atoms with Gasteiger partial charge in [-0.25, -0.2) is 0 Å². The number of aromatic nitrogens is 2. The molecule has 1 aromatic carbocycles. The van der Waals surface area contributed by atoms with Crippen molar-refractivity contribution in [2.45, 2.75) is 12.5 Å². The van der Waals surface area contributed by atoms with E-state index >= 15 is 0 Å². The van der Waals surface area contributed by atoms with Crippen molar-refractivity contribution in [3.05, 3.63) is 37.3 Å². The number of nitrogens with one attached hydrogen (secondary N) is 1. The van der Waals surface area contributed by atoms with Crippen LogP contribution in [0.25, 0.3) is 11.0 Å². The number of hydrogen-bond acceptors (Lipinski definition) is 4. The van der Waals surface area contributed by atoms with Crippen LogP contribution in [0.5, 0.6) is 5.75 Å². The molecule has 104 valence electrons. The van der Waals surface area contributed by atoms with Crippen molar-refractivity contribution in [3.8, 4) is 5.75 Å². The normalized spacial score (nSPS) is 16.9. The molecule has 0 saturated heterocycles. The predicted molar refractivity (Wildman–Crippen MR) is 73.3 cm³/mol. The monoisotopic (exact) mass is 340 g/mol. The number of hydrogen-bond donors (Lipinski definition) is 2. The van der Waals surface area contributed by atoms with E-state index in [4.69, 9.17) is 9.84 Å². The second-order valence-electron chi connectivity index (χ2n) is 4.49. The van der Waals surface area contributed by atoms with Crippen LogP contribution in [0.2, 0.25) is 0 Å². The zero-order valence-corrected chi connectivity index (χ0v) is 11.6. The van der Waals surface area contributed by atoms with Gasteiger partial charge in [0.1, 0.15) is 17.9 Å². The van der Waals surface area contributed by atoms with Gasteiger partial charge in [0.25, 0.3) is 0 Å². The quantitative estimate of drug-likeness (QED) is 0.789. The van der Waals surface area contributed by atoms with Crippen molar-refractivity contribution in [1.29, 1.82) is 0 Å². The lowest BCUT2D eigenvalue weighted by Crippen LogP contribution is -2.42. The number of carboxylic acids is 1. The Balaban J connectivity index is 2.39. The first-order valence-corrected chi connectivity index (χ1v) is 6.59. The lowest BCUT2D eigenvalue weighted by Gasteiger charge is -2.26. The Morgan fingerprint density at radius 1 is 1.50 bits per heavy atom. The summed E-state index contributed by atoms with van der Waals surface area (Å²) in [6, 6.07) is 2.62. The van der Waals surface area contributed by atoms with Gasteiger partial charge in [-0.3, -0.25) is 19.0 Å². The van der Waals surface area contributed by atoms with E-state index in [1.807, 2.05) is 0 Å². The lowest BCUT2D eigenvalue weighted by atomic mass is 10.1. The smallest absolute Gasteiger partial charge is 0.317 e. The van der Waals surface area contributed by atoms with Crippen LogP contribution in [-0.4, -0.2) is 27.2 Å². The maximum Gasteiger partial charge on any atom is 0.317 e. The molecule has 20 heavy (non-hydrogen) atoms. The SMILES string of the molecule is O=C(O)CC1COc2cc(Br)cc3[nH]c(=O)c(=O)n1c23. The Kier molecular flexibility index (Phi) is 2.89. The highest BCUT2D eigenvalue weighted by atomic mass is 79.9. The standard InChI is InChI=1S/C12H9BrN2O5/c13-5-1-7-10-8(2-5)20-4-6(3-9(16)17)15(10)12(19)11(18)14-7/h1-2,6H,3-4H2,(H,14,18)(H,16,17). The molecule has 1 unspecified atom stereocenters. The average Bonchev–Trinajstić information content (AvgIpc) is 2.36. The van der Waals surface area contributed by atoms with E-state index in [-0.39, 0.29) is 13.0 Å². The van der Waals surface area contributed by atoms with Crippen molar-refractivity contribution < 1.29 is 14.6 Å². The molecule has 1 aromatic heterocycles. The van der Waals surface area contributed by atoms with Crippen molar-refractivity contribution >= 4 is 32.9 Å². The van der Waals surface area contributed by atoms with Gasteiger partial charge in [-0.1, -0.05) is 15.9 Å². The fourth-order valence-corrected chi connectivity index (χ4v) is 2.81. The maximum atomic E-state index is 12.0. The number of carboxylic acid groups (broad SMARTS) is 1. The number of rotatable bonds is 2. The van der Waals surface area contributed by atoms with E-state index in [0.717, 1.165) is 0 Å². The summed E-state index contributed by atoms with van der Waals surface area (Å²) in [5.41, 5.74) is -0.709. The predicted octanol–water partition coefficient (Wildman–Crippen LogP) is 0.860. The number of aliphatic carboxylic acids is 1. The molecule has 8 heteroatoms. The lowest BCUT2D eigenvalue weighted by molar-refractivity contribution is -0.138. The van der Waals surface area contributed by atoms with Gasteiger partial charge in [-0.05, 0) is 12.1 Å². The van der Waals surface area contributed by atoms with Gasteiger partial charge in [-0.15, -0.1) is 0 Å². The second kappa shape index (κ2) is 4.48. The summed E-state index contributed by atoms with van der Waals surface area (Å²) in [6.07, 6.45) is -0.284. The molecule has 3 rings (SSSR count). The van der Waals surface area contributed by atoms with Crippen molar-refractivity contribution in [2.75, 3.05) is 6.61 Å². The second-order valence-corrected chi connectivity index (χ2v) is 5.41. The molecule has 0 aliphatic carbocycles. The van der Waals surface area contributed by atoms with Crippen LogP contribution in [0.3, 0.4) is 0 Å². The Morgan fingerprint density at radius 2 is 2.25 bits per heavy atom. The molecule has 0 amide bonds. The van der Waals surface area contributed by atoms with Crippen molar-refractivity contribution in [1.82, 2.24) is 9.55 Å². The summed E-state index contributed by atoms with van der Waals surface area (Å²) in [4.78, 5) is 37.1. The van der Waals surface area contributed by atoms with E-state index in [2.05, 4.69) is 20.9 Å². The molecule has 0 radical (unpaired) electrons. The average molecular weight is 341 g/mol. The minimum atomic E-state index is -1.06. The Labute approximate surface area is 119 Å². The third kappa shape index (κ3) is 1.92. The molecule has 1 aliphatic heterocycles.